The average molecular weight is 305 g/mol. The summed E-state index contributed by atoms with van der Waals surface area (Å²) in [7, 11) is -1.99. The van der Waals surface area contributed by atoms with Crippen LogP contribution in [0, 0.1) is 13.8 Å². The summed E-state index contributed by atoms with van der Waals surface area (Å²) in [4.78, 5) is 0.172. The van der Waals surface area contributed by atoms with E-state index < -0.39 is 9.84 Å². The second-order valence-electron chi connectivity index (χ2n) is 5.12. The van der Waals surface area contributed by atoms with Crippen molar-refractivity contribution in [2.24, 2.45) is 0 Å². The molecule has 0 saturated heterocycles. The zero-order valence-electron chi connectivity index (χ0n) is 12.4. The first kappa shape index (κ1) is 15.4. The van der Waals surface area contributed by atoms with Crippen molar-refractivity contribution >= 4 is 15.5 Å². The third-order valence-corrected chi connectivity index (χ3v) is 5.00. The maximum atomic E-state index is 12.6. The highest BCUT2D eigenvalue weighted by atomic mass is 32.2. The Morgan fingerprint density at radius 1 is 1.05 bits per heavy atom. The van der Waals surface area contributed by atoms with E-state index in [4.69, 9.17) is 10.5 Å². The third kappa shape index (κ3) is 3.36. The molecule has 0 unspecified atom stereocenters. The van der Waals surface area contributed by atoms with Crippen molar-refractivity contribution in [3.8, 4) is 5.75 Å². The number of rotatable bonds is 4. The van der Waals surface area contributed by atoms with Crippen LogP contribution in [0.1, 0.15) is 16.7 Å². The Kier molecular flexibility index (Phi) is 4.23. The van der Waals surface area contributed by atoms with E-state index in [1.807, 2.05) is 26.0 Å². The van der Waals surface area contributed by atoms with Gasteiger partial charge in [0.1, 0.15) is 5.75 Å². The van der Waals surface area contributed by atoms with Crippen molar-refractivity contribution in [3.05, 3.63) is 53.1 Å². The Bertz CT molecular complexity index is 767. The molecule has 0 bridgehead atoms. The number of nitrogen functional groups attached to an aromatic ring is 1. The maximum Gasteiger partial charge on any atom is 0.184 e. The quantitative estimate of drug-likeness (QED) is 0.882. The minimum absolute atomic E-state index is 0.133. The molecule has 2 aromatic carbocycles. The van der Waals surface area contributed by atoms with Crippen LogP contribution in [0.5, 0.6) is 5.75 Å². The first-order valence-electron chi connectivity index (χ1n) is 6.56. The first-order chi connectivity index (χ1) is 9.83. The van der Waals surface area contributed by atoms with Gasteiger partial charge in [-0.3, -0.25) is 0 Å². The lowest BCUT2D eigenvalue weighted by atomic mass is 10.1. The van der Waals surface area contributed by atoms with Gasteiger partial charge in [-0.1, -0.05) is 23.8 Å². The zero-order chi connectivity index (χ0) is 15.6. The van der Waals surface area contributed by atoms with Gasteiger partial charge >= 0.3 is 0 Å². The number of ether oxygens (including phenoxy) is 1. The third-order valence-electron chi connectivity index (χ3n) is 3.29. The van der Waals surface area contributed by atoms with Crippen LogP contribution in [0.15, 0.2) is 41.3 Å². The van der Waals surface area contributed by atoms with E-state index >= 15 is 0 Å². The van der Waals surface area contributed by atoms with Crippen molar-refractivity contribution in [2.45, 2.75) is 24.5 Å². The molecule has 0 aliphatic heterocycles. The van der Waals surface area contributed by atoms with E-state index in [1.165, 1.54) is 7.11 Å². The summed E-state index contributed by atoms with van der Waals surface area (Å²) in [5, 5.41) is 0. The molecular weight excluding hydrogens is 286 g/mol. The van der Waals surface area contributed by atoms with Crippen LogP contribution in [0.25, 0.3) is 0 Å². The first-order valence-corrected chi connectivity index (χ1v) is 8.21. The fourth-order valence-corrected chi connectivity index (χ4v) is 3.80. The van der Waals surface area contributed by atoms with E-state index in [0.717, 1.165) is 11.1 Å². The molecular formula is C16H19NO3S. The van der Waals surface area contributed by atoms with Crippen molar-refractivity contribution in [1.82, 2.24) is 0 Å². The van der Waals surface area contributed by atoms with E-state index in [9.17, 15) is 8.42 Å². The van der Waals surface area contributed by atoms with Crippen LogP contribution in [-0.2, 0) is 15.6 Å². The number of aryl methyl sites for hydroxylation is 2. The van der Waals surface area contributed by atoms with Gasteiger partial charge in [0.25, 0.3) is 0 Å². The van der Waals surface area contributed by atoms with Gasteiger partial charge in [-0.2, -0.15) is 0 Å². The van der Waals surface area contributed by atoms with Crippen LogP contribution >= 0.6 is 0 Å². The Balaban J connectivity index is 2.47. The predicted octanol–water partition coefficient (Wildman–Crippen LogP) is 2.87. The molecule has 5 heteroatoms. The molecule has 0 atom stereocenters. The summed E-state index contributed by atoms with van der Waals surface area (Å²) in [5.41, 5.74) is 8.57. The molecule has 0 aromatic heterocycles. The number of methoxy groups -OCH3 is 1. The van der Waals surface area contributed by atoms with Gasteiger partial charge in [0, 0.05) is 5.56 Å². The molecule has 0 fully saturated rings. The summed E-state index contributed by atoms with van der Waals surface area (Å²) >= 11 is 0. The highest BCUT2D eigenvalue weighted by Gasteiger charge is 2.20. The van der Waals surface area contributed by atoms with Gasteiger partial charge in [0.15, 0.2) is 9.84 Å². The second-order valence-corrected chi connectivity index (χ2v) is 7.07. The van der Waals surface area contributed by atoms with Crippen LogP contribution in [0.2, 0.25) is 0 Å². The van der Waals surface area contributed by atoms with Crippen LogP contribution in [-0.4, -0.2) is 15.5 Å². The Morgan fingerprint density at radius 2 is 1.67 bits per heavy atom. The molecule has 2 N–H and O–H groups in total. The van der Waals surface area contributed by atoms with Crippen molar-refractivity contribution < 1.29 is 13.2 Å². The van der Waals surface area contributed by atoms with Crippen LogP contribution in [0.3, 0.4) is 0 Å². The van der Waals surface area contributed by atoms with E-state index in [0.29, 0.717) is 11.3 Å². The lowest BCUT2D eigenvalue weighted by Crippen LogP contribution is -2.09. The molecule has 0 heterocycles. The minimum Gasteiger partial charge on any atom is -0.496 e. The van der Waals surface area contributed by atoms with Crippen LogP contribution < -0.4 is 10.5 Å². The van der Waals surface area contributed by atoms with Gasteiger partial charge in [-0.05, 0) is 37.6 Å². The largest absolute Gasteiger partial charge is 0.496 e. The summed E-state index contributed by atoms with van der Waals surface area (Å²) in [6.45, 7) is 3.75. The van der Waals surface area contributed by atoms with Gasteiger partial charge in [-0.15, -0.1) is 0 Å². The highest BCUT2D eigenvalue weighted by Crippen LogP contribution is 2.28. The molecule has 0 radical (unpaired) electrons. The molecule has 4 nitrogen and oxygen atoms in total. The summed E-state index contributed by atoms with van der Waals surface area (Å²) in [6.07, 6.45) is 0. The fourth-order valence-electron chi connectivity index (χ4n) is 2.21. The van der Waals surface area contributed by atoms with Crippen molar-refractivity contribution in [1.29, 1.82) is 0 Å². The molecule has 0 amide bonds. The smallest absolute Gasteiger partial charge is 0.184 e. The molecule has 0 aliphatic carbocycles. The summed E-state index contributed by atoms with van der Waals surface area (Å²) in [5.74, 6) is 0.432. The molecule has 112 valence electrons. The maximum absolute atomic E-state index is 12.6. The normalized spacial score (nSPS) is 11.4. The Hall–Kier alpha value is -2.01. The standard InChI is InChI=1S/C16H19NO3S/c1-11-5-7-15(20-3)13(8-11)10-21(18,19)16-9-12(2)4-6-14(16)17/h4-9H,10,17H2,1-3H3. The average Bonchev–Trinajstić information content (AvgIpc) is 2.41. The summed E-state index contributed by atoms with van der Waals surface area (Å²) < 4.78 is 30.5. The van der Waals surface area contributed by atoms with Gasteiger partial charge < -0.3 is 10.5 Å². The van der Waals surface area contributed by atoms with Crippen molar-refractivity contribution in [3.63, 3.8) is 0 Å². The molecule has 2 aromatic rings. The lowest BCUT2D eigenvalue weighted by Gasteiger charge is -2.12. The number of benzene rings is 2. The van der Waals surface area contributed by atoms with Gasteiger partial charge in [-0.25, -0.2) is 8.42 Å². The van der Waals surface area contributed by atoms with Gasteiger partial charge in [0.05, 0.1) is 23.4 Å². The van der Waals surface area contributed by atoms with E-state index in [1.54, 1.807) is 24.3 Å². The second kappa shape index (κ2) is 5.77. The number of anilines is 1. The Labute approximate surface area is 125 Å². The Morgan fingerprint density at radius 3 is 2.33 bits per heavy atom. The van der Waals surface area contributed by atoms with Gasteiger partial charge in [0.2, 0.25) is 0 Å². The minimum atomic E-state index is -3.52. The van der Waals surface area contributed by atoms with Crippen LogP contribution in [0.4, 0.5) is 5.69 Å². The molecule has 0 spiro atoms. The number of nitrogens with two attached hydrogens (primary N) is 1. The molecule has 0 saturated carbocycles. The van der Waals surface area contributed by atoms with E-state index in [-0.39, 0.29) is 16.3 Å². The SMILES string of the molecule is COc1ccc(C)cc1CS(=O)(=O)c1cc(C)ccc1N. The van der Waals surface area contributed by atoms with E-state index in [2.05, 4.69) is 0 Å². The number of sulfone groups is 1. The highest BCUT2D eigenvalue weighted by molar-refractivity contribution is 7.90. The number of hydrogen-bond donors (Lipinski definition) is 1. The molecule has 21 heavy (non-hydrogen) atoms. The summed E-state index contributed by atoms with van der Waals surface area (Å²) in [6, 6.07) is 10.5. The fraction of sp³-hybridized carbons (Fsp3) is 0.250. The lowest BCUT2D eigenvalue weighted by molar-refractivity contribution is 0.411. The monoisotopic (exact) mass is 305 g/mol. The number of hydrogen-bond acceptors (Lipinski definition) is 4. The van der Waals surface area contributed by atoms with Crippen molar-refractivity contribution in [2.75, 3.05) is 12.8 Å². The predicted molar refractivity (Wildman–Crippen MR) is 84.2 cm³/mol. The molecule has 0 aliphatic rings. The topological polar surface area (TPSA) is 69.4 Å². The zero-order valence-corrected chi connectivity index (χ0v) is 13.2. The molecule has 2 rings (SSSR count).